The molecule has 1 aromatic carbocycles. The molecule has 106 valence electrons. The Morgan fingerprint density at radius 3 is 2.50 bits per heavy atom. The highest BCUT2D eigenvalue weighted by molar-refractivity contribution is 7.92. The fourth-order valence-electron chi connectivity index (χ4n) is 1.44. The van der Waals surface area contributed by atoms with E-state index >= 15 is 0 Å². The van der Waals surface area contributed by atoms with Crippen LogP contribution in [0, 0.1) is 0 Å². The lowest BCUT2D eigenvalue weighted by atomic mass is 10.3. The highest BCUT2D eigenvalue weighted by atomic mass is 35.5. The van der Waals surface area contributed by atoms with Crippen molar-refractivity contribution in [2.45, 2.75) is 4.90 Å². The number of aromatic nitrogens is 2. The van der Waals surface area contributed by atoms with Crippen LogP contribution in [0.3, 0.4) is 0 Å². The SMILES string of the molecule is COc1c(Cl)ncnc1NS(=O)(=O)c1ccc(N)cc1. The number of halogens is 1. The van der Waals surface area contributed by atoms with Gasteiger partial charge in [0.05, 0.1) is 12.0 Å². The van der Waals surface area contributed by atoms with Gasteiger partial charge in [-0.2, -0.15) is 0 Å². The van der Waals surface area contributed by atoms with E-state index in [4.69, 9.17) is 22.1 Å². The average molecular weight is 315 g/mol. The number of nitrogens with one attached hydrogen (secondary N) is 1. The summed E-state index contributed by atoms with van der Waals surface area (Å²) in [7, 11) is -2.48. The molecule has 0 aliphatic rings. The van der Waals surface area contributed by atoms with E-state index in [0.717, 1.165) is 6.33 Å². The Labute approximate surface area is 120 Å². The largest absolute Gasteiger partial charge is 0.490 e. The Morgan fingerprint density at radius 1 is 1.25 bits per heavy atom. The standard InChI is InChI=1S/C11H11ClN4O3S/c1-19-9-10(12)14-6-15-11(9)16-20(17,18)8-4-2-7(13)3-5-8/h2-6H,13H2,1H3,(H,14,15,16). The van der Waals surface area contributed by atoms with Gasteiger partial charge in [-0.15, -0.1) is 0 Å². The highest BCUT2D eigenvalue weighted by Gasteiger charge is 2.19. The monoisotopic (exact) mass is 314 g/mol. The van der Waals surface area contributed by atoms with E-state index in [1.807, 2.05) is 0 Å². The van der Waals surface area contributed by atoms with Crippen LogP contribution in [-0.2, 0) is 10.0 Å². The van der Waals surface area contributed by atoms with Crippen molar-refractivity contribution in [1.29, 1.82) is 0 Å². The second-order valence-electron chi connectivity index (χ2n) is 3.72. The molecular formula is C11H11ClN4O3S. The van der Waals surface area contributed by atoms with Crippen LogP contribution < -0.4 is 15.2 Å². The van der Waals surface area contributed by atoms with Crippen molar-refractivity contribution < 1.29 is 13.2 Å². The molecule has 0 atom stereocenters. The zero-order chi connectivity index (χ0) is 14.8. The first-order chi connectivity index (χ1) is 9.44. The molecule has 0 fully saturated rings. The van der Waals surface area contributed by atoms with E-state index < -0.39 is 10.0 Å². The van der Waals surface area contributed by atoms with Gasteiger partial charge in [0.2, 0.25) is 0 Å². The minimum atomic E-state index is -3.81. The third-order valence-electron chi connectivity index (χ3n) is 2.39. The summed E-state index contributed by atoms with van der Waals surface area (Å²) >= 11 is 5.80. The fourth-order valence-corrected chi connectivity index (χ4v) is 2.66. The topological polar surface area (TPSA) is 107 Å². The average Bonchev–Trinajstić information content (AvgIpc) is 2.39. The number of rotatable bonds is 4. The number of nitrogen functional groups attached to an aromatic ring is 1. The highest BCUT2D eigenvalue weighted by Crippen LogP contribution is 2.30. The maximum absolute atomic E-state index is 12.2. The van der Waals surface area contributed by atoms with Crippen molar-refractivity contribution in [3.05, 3.63) is 35.7 Å². The van der Waals surface area contributed by atoms with E-state index in [9.17, 15) is 8.42 Å². The predicted octanol–water partition coefficient (Wildman–Crippen LogP) is 1.52. The van der Waals surface area contributed by atoms with Gasteiger partial charge in [-0.1, -0.05) is 11.6 Å². The molecule has 2 rings (SSSR count). The molecule has 20 heavy (non-hydrogen) atoms. The van der Waals surface area contributed by atoms with Gasteiger partial charge >= 0.3 is 0 Å². The van der Waals surface area contributed by atoms with E-state index in [1.165, 1.54) is 31.4 Å². The normalized spacial score (nSPS) is 11.1. The summed E-state index contributed by atoms with van der Waals surface area (Å²) in [5, 5.41) is 0.0116. The molecule has 0 bridgehead atoms. The minimum absolute atomic E-state index is 0.0116. The third-order valence-corrected chi connectivity index (χ3v) is 4.01. The van der Waals surface area contributed by atoms with Crippen LogP contribution in [0.25, 0.3) is 0 Å². The zero-order valence-corrected chi connectivity index (χ0v) is 11.9. The number of hydrogen-bond acceptors (Lipinski definition) is 6. The number of benzene rings is 1. The Hall–Kier alpha value is -2.06. The first-order valence-electron chi connectivity index (χ1n) is 5.37. The van der Waals surface area contributed by atoms with Gasteiger partial charge in [-0.3, -0.25) is 4.72 Å². The van der Waals surface area contributed by atoms with Crippen LogP contribution >= 0.6 is 11.6 Å². The molecular weight excluding hydrogens is 304 g/mol. The molecule has 9 heteroatoms. The van der Waals surface area contributed by atoms with Gasteiger partial charge < -0.3 is 10.5 Å². The lowest BCUT2D eigenvalue weighted by molar-refractivity contribution is 0.413. The Bertz CT molecular complexity index is 719. The van der Waals surface area contributed by atoms with Crippen molar-refractivity contribution in [2.24, 2.45) is 0 Å². The van der Waals surface area contributed by atoms with Gasteiger partial charge in [-0.05, 0) is 24.3 Å². The van der Waals surface area contributed by atoms with Crippen molar-refractivity contribution in [1.82, 2.24) is 9.97 Å². The van der Waals surface area contributed by atoms with Gasteiger partial charge in [-0.25, -0.2) is 18.4 Å². The van der Waals surface area contributed by atoms with E-state index in [0.29, 0.717) is 5.69 Å². The predicted molar refractivity (Wildman–Crippen MR) is 75.3 cm³/mol. The van der Waals surface area contributed by atoms with Gasteiger partial charge in [0.15, 0.2) is 16.7 Å². The summed E-state index contributed by atoms with van der Waals surface area (Å²) < 4.78 is 31.6. The lowest BCUT2D eigenvalue weighted by Crippen LogP contribution is -2.15. The molecule has 0 unspecified atom stereocenters. The number of ether oxygens (including phenoxy) is 1. The van der Waals surface area contributed by atoms with E-state index in [1.54, 1.807) is 0 Å². The van der Waals surface area contributed by atoms with Crippen LogP contribution in [0.1, 0.15) is 0 Å². The van der Waals surface area contributed by atoms with Crippen LogP contribution in [0.15, 0.2) is 35.5 Å². The molecule has 0 saturated carbocycles. The molecule has 1 aromatic heterocycles. The number of hydrogen-bond donors (Lipinski definition) is 2. The summed E-state index contributed by atoms with van der Waals surface area (Å²) in [6.45, 7) is 0. The maximum Gasteiger partial charge on any atom is 0.263 e. The van der Waals surface area contributed by atoms with Crippen molar-refractivity contribution in [2.75, 3.05) is 17.6 Å². The number of anilines is 2. The lowest BCUT2D eigenvalue weighted by Gasteiger charge is -2.11. The number of methoxy groups -OCH3 is 1. The molecule has 0 aliphatic carbocycles. The molecule has 0 radical (unpaired) electrons. The van der Waals surface area contributed by atoms with Crippen molar-refractivity contribution in [3.8, 4) is 5.75 Å². The van der Waals surface area contributed by atoms with Crippen LogP contribution in [-0.4, -0.2) is 25.5 Å². The third kappa shape index (κ3) is 2.91. The minimum Gasteiger partial charge on any atom is -0.490 e. The smallest absolute Gasteiger partial charge is 0.263 e. The summed E-state index contributed by atoms with van der Waals surface area (Å²) in [5.41, 5.74) is 5.98. The summed E-state index contributed by atoms with van der Waals surface area (Å²) in [6, 6.07) is 5.73. The maximum atomic E-state index is 12.2. The molecule has 0 saturated heterocycles. The van der Waals surface area contributed by atoms with E-state index in [-0.39, 0.29) is 21.6 Å². The molecule has 7 nitrogen and oxygen atoms in total. The second kappa shape index (κ2) is 5.51. The Balaban J connectivity index is 2.38. The van der Waals surface area contributed by atoms with Gasteiger partial charge in [0.25, 0.3) is 10.0 Å². The number of sulfonamides is 1. The number of nitrogens with zero attached hydrogens (tertiary/aromatic N) is 2. The molecule has 0 spiro atoms. The quantitative estimate of drug-likeness (QED) is 0.654. The molecule has 0 aliphatic heterocycles. The van der Waals surface area contributed by atoms with Crippen LogP contribution in [0.2, 0.25) is 5.15 Å². The molecule has 3 N–H and O–H groups in total. The second-order valence-corrected chi connectivity index (χ2v) is 5.76. The molecule has 2 aromatic rings. The van der Waals surface area contributed by atoms with Crippen LogP contribution in [0.5, 0.6) is 5.75 Å². The summed E-state index contributed by atoms with van der Waals surface area (Å²) in [6.07, 6.45) is 1.13. The van der Waals surface area contributed by atoms with Gasteiger partial charge in [0, 0.05) is 5.69 Å². The zero-order valence-electron chi connectivity index (χ0n) is 10.4. The van der Waals surface area contributed by atoms with Crippen LogP contribution in [0.4, 0.5) is 11.5 Å². The summed E-state index contributed by atoms with van der Waals surface area (Å²) in [4.78, 5) is 7.55. The van der Waals surface area contributed by atoms with Crippen molar-refractivity contribution >= 4 is 33.1 Å². The molecule has 0 amide bonds. The van der Waals surface area contributed by atoms with Crippen molar-refractivity contribution in [3.63, 3.8) is 0 Å². The first kappa shape index (κ1) is 14.4. The number of nitrogens with two attached hydrogens (primary N) is 1. The van der Waals surface area contributed by atoms with E-state index in [2.05, 4.69) is 14.7 Å². The fraction of sp³-hybridized carbons (Fsp3) is 0.0909. The Morgan fingerprint density at radius 2 is 1.90 bits per heavy atom. The molecule has 1 heterocycles. The van der Waals surface area contributed by atoms with Gasteiger partial charge in [0.1, 0.15) is 6.33 Å². The first-order valence-corrected chi connectivity index (χ1v) is 7.23. The Kier molecular flexibility index (Phi) is 3.96. The summed E-state index contributed by atoms with van der Waals surface area (Å²) in [5.74, 6) is 0.0116.